The van der Waals surface area contributed by atoms with E-state index >= 15 is 0 Å². The summed E-state index contributed by atoms with van der Waals surface area (Å²) in [5.41, 5.74) is 0.255. The molecule has 3 aromatic rings. The van der Waals surface area contributed by atoms with E-state index in [-0.39, 0.29) is 38.8 Å². The molecule has 1 aliphatic rings. The molecular weight excluding hydrogens is 364 g/mol. The van der Waals surface area contributed by atoms with Crippen molar-refractivity contribution in [3.63, 3.8) is 0 Å². The van der Waals surface area contributed by atoms with Crippen molar-refractivity contribution < 1.29 is 24.0 Å². The number of anilines is 1. The fourth-order valence-corrected chi connectivity index (χ4v) is 3.41. The van der Waals surface area contributed by atoms with Crippen LogP contribution < -0.4 is 4.90 Å². The normalized spacial score (nSPS) is 13.0. The molecule has 0 spiro atoms. The van der Waals surface area contributed by atoms with E-state index in [0.29, 0.717) is 0 Å². The molecule has 0 aromatic heterocycles. The molecular formula is C20H12N2O6. The van der Waals surface area contributed by atoms with Crippen LogP contribution in [0.3, 0.4) is 0 Å². The van der Waals surface area contributed by atoms with Gasteiger partial charge in [0.05, 0.1) is 28.7 Å². The summed E-state index contributed by atoms with van der Waals surface area (Å²) in [7, 11) is 1.20. The second-order valence-electron chi connectivity index (χ2n) is 6.07. The molecule has 0 saturated heterocycles. The third kappa shape index (κ3) is 2.35. The van der Waals surface area contributed by atoms with Gasteiger partial charge in [0, 0.05) is 22.6 Å². The number of amides is 2. The van der Waals surface area contributed by atoms with Crippen LogP contribution in [-0.2, 0) is 4.74 Å². The van der Waals surface area contributed by atoms with Crippen LogP contribution in [0.5, 0.6) is 0 Å². The third-order valence-electron chi connectivity index (χ3n) is 4.63. The summed E-state index contributed by atoms with van der Waals surface area (Å²) < 4.78 is 4.74. The Balaban J connectivity index is 1.98. The minimum Gasteiger partial charge on any atom is -0.465 e. The Morgan fingerprint density at radius 3 is 2.32 bits per heavy atom. The van der Waals surface area contributed by atoms with Crippen molar-refractivity contribution in [2.75, 3.05) is 12.0 Å². The highest BCUT2D eigenvalue weighted by Crippen LogP contribution is 2.37. The summed E-state index contributed by atoms with van der Waals surface area (Å²) in [6.45, 7) is 0. The Hall–Kier alpha value is -4.07. The van der Waals surface area contributed by atoms with Crippen molar-refractivity contribution >= 4 is 39.9 Å². The predicted molar refractivity (Wildman–Crippen MR) is 99.5 cm³/mol. The van der Waals surface area contributed by atoms with Crippen LogP contribution in [0.1, 0.15) is 31.1 Å². The predicted octanol–water partition coefficient (Wildman–Crippen LogP) is 3.34. The van der Waals surface area contributed by atoms with Crippen molar-refractivity contribution in [1.82, 2.24) is 0 Å². The van der Waals surface area contributed by atoms with Gasteiger partial charge in [-0.15, -0.1) is 0 Å². The van der Waals surface area contributed by atoms with E-state index in [1.165, 1.54) is 49.6 Å². The van der Waals surface area contributed by atoms with Crippen LogP contribution in [0.15, 0.2) is 54.6 Å². The number of nitrogens with zero attached hydrogens (tertiary/aromatic N) is 2. The van der Waals surface area contributed by atoms with Crippen molar-refractivity contribution in [3.05, 3.63) is 81.4 Å². The van der Waals surface area contributed by atoms with Crippen molar-refractivity contribution in [3.8, 4) is 0 Å². The van der Waals surface area contributed by atoms with Crippen molar-refractivity contribution in [2.45, 2.75) is 0 Å². The van der Waals surface area contributed by atoms with Gasteiger partial charge in [-0.1, -0.05) is 18.2 Å². The lowest BCUT2D eigenvalue weighted by atomic mass is 9.92. The number of carbonyl (C=O) groups excluding carboxylic acids is 3. The lowest BCUT2D eigenvalue weighted by molar-refractivity contribution is -0.383. The Morgan fingerprint density at radius 1 is 0.964 bits per heavy atom. The van der Waals surface area contributed by atoms with E-state index in [4.69, 9.17) is 4.74 Å². The van der Waals surface area contributed by atoms with Gasteiger partial charge in [-0.3, -0.25) is 19.7 Å². The molecule has 4 rings (SSSR count). The quantitative estimate of drug-likeness (QED) is 0.300. The van der Waals surface area contributed by atoms with Gasteiger partial charge in [-0.05, 0) is 30.3 Å². The number of esters is 1. The average Bonchev–Trinajstić information content (AvgIpc) is 2.71. The summed E-state index contributed by atoms with van der Waals surface area (Å²) in [5.74, 6) is -2.02. The molecule has 0 N–H and O–H groups in total. The van der Waals surface area contributed by atoms with Gasteiger partial charge in [0.25, 0.3) is 17.5 Å². The van der Waals surface area contributed by atoms with Crippen LogP contribution in [-0.4, -0.2) is 29.8 Å². The number of para-hydroxylation sites is 1. The Morgan fingerprint density at radius 2 is 1.64 bits per heavy atom. The SMILES string of the molecule is COC(=O)c1ccccc1N1C(=O)c2cccc3c([N+](=O)[O-])ccc(c23)C1=O. The minimum atomic E-state index is -0.691. The van der Waals surface area contributed by atoms with E-state index in [2.05, 4.69) is 0 Å². The Bertz CT molecular complexity index is 1180. The number of rotatable bonds is 3. The number of nitro benzene ring substituents is 1. The number of benzene rings is 3. The lowest BCUT2D eigenvalue weighted by Crippen LogP contribution is -2.41. The van der Waals surface area contributed by atoms with Crippen LogP contribution in [0, 0.1) is 10.1 Å². The molecule has 8 nitrogen and oxygen atoms in total. The zero-order valence-electron chi connectivity index (χ0n) is 14.5. The second kappa shape index (κ2) is 6.27. The van der Waals surface area contributed by atoms with E-state index < -0.39 is 22.7 Å². The monoisotopic (exact) mass is 376 g/mol. The fraction of sp³-hybridized carbons (Fsp3) is 0.0500. The molecule has 1 aliphatic heterocycles. The summed E-state index contributed by atoms with van der Waals surface area (Å²) in [4.78, 5) is 50.0. The molecule has 0 unspecified atom stereocenters. The second-order valence-corrected chi connectivity index (χ2v) is 6.07. The smallest absolute Gasteiger partial charge is 0.339 e. The topological polar surface area (TPSA) is 107 Å². The number of carbonyl (C=O) groups is 3. The van der Waals surface area contributed by atoms with Gasteiger partial charge in [0.1, 0.15) is 0 Å². The summed E-state index contributed by atoms with van der Waals surface area (Å²) in [6.07, 6.45) is 0. The standard InChI is InChI=1S/C20H12N2O6/c1-28-20(25)12-5-2-3-8-15(12)21-18(23)13-7-4-6-11-16(22(26)27)10-9-14(17(11)13)19(21)24/h2-10H,1H3. The number of imide groups is 1. The van der Waals surface area contributed by atoms with E-state index in [1.54, 1.807) is 12.1 Å². The highest BCUT2D eigenvalue weighted by molar-refractivity contribution is 6.37. The van der Waals surface area contributed by atoms with Crippen LogP contribution in [0.25, 0.3) is 10.8 Å². The molecule has 0 radical (unpaired) electrons. The maximum Gasteiger partial charge on any atom is 0.339 e. The van der Waals surface area contributed by atoms with Gasteiger partial charge in [-0.25, -0.2) is 9.69 Å². The molecule has 0 bridgehead atoms. The van der Waals surface area contributed by atoms with Gasteiger partial charge in [-0.2, -0.15) is 0 Å². The molecule has 2 amide bonds. The number of non-ortho nitro benzene ring substituents is 1. The number of nitro groups is 1. The van der Waals surface area contributed by atoms with Crippen molar-refractivity contribution in [1.29, 1.82) is 0 Å². The number of hydrogen-bond donors (Lipinski definition) is 0. The summed E-state index contributed by atoms with van der Waals surface area (Å²) >= 11 is 0. The first-order chi connectivity index (χ1) is 13.5. The maximum atomic E-state index is 13.1. The molecule has 0 aliphatic carbocycles. The number of methoxy groups -OCH3 is 1. The van der Waals surface area contributed by atoms with Gasteiger partial charge in [0.2, 0.25) is 0 Å². The van der Waals surface area contributed by atoms with Crippen LogP contribution >= 0.6 is 0 Å². The number of ether oxygens (including phenoxy) is 1. The molecule has 8 heteroatoms. The Kier molecular flexibility index (Phi) is 3.89. The summed E-state index contributed by atoms with van der Waals surface area (Å²) in [5, 5.41) is 11.8. The fourth-order valence-electron chi connectivity index (χ4n) is 3.41. The minimum absolute atomic E-state index is 0.0595. The number of hydrogen-bond acceptors (Lipinski definition) is 6. The maximum absolute atomic E-state index is 13.1. The highest BCUT2D eigenvalue weighted by Gasteiger charge is 2.37. The van der Waals surface area contributed by atoms with E-state index in [1.807, 2.05) is 0 Å². The summed E-state index contributed by atoms with van der Waals surface area (Å²) in [6, 6.07) is 13.2. The molecule has 0 saturated carbocycles. The zero-order valence-corrected chi connectivity index (χ0v) is 14.5. The average molecular weight is 376 g/mol. The highest BCUT2D eigenvalue weighted by atomic mass is 16.6. The lowest BCUT2D eigenvalue weighted by Gasteiger charge is -2.28. The molecule has 0 fully saturated rings. The largest absolute Gasteiger partial charge is 0.465 e. The molecule has 28 heavy (non-hydrogen) atoms. The first-order valence-corrected chi connectivity index (χ1v) is 8.22. The van der Waals surface area contributed by atoms with E-state index in [9.17, 15) is 24.5 Å². The van der Waals surface area contributed by atoms with Crippen LogP contribution in [0.2, 0.25) is 0 Å². The molecule has 3 aromatic carbocycles. The van der Waals surface area contributed by atoms with Gasteiger partial charge in [0.15, 0.2) is 0 Å². The third-order valence-corrected chi connectivity index (χ3v) is 4.63. The van der Waals surface area contributed by atoms with Crippen LogP contribution in [0.4, 0.5) is 11.4 Å². The van der Waals surface area contributed by atoms with Gasteiger partial charge >= 0.3 is 5.97 Å². The molecule has 138 valence electrons. The first-order valence-electron chi connectivity index (χ1n) is 8.22. The van der Waals surface area contributed by atoms with Crippen molar-refractivity contribution in [2.24, 2.45) is 0 Å². The zero-order chi connectivity index (χ0) is 20.0. The molecule has 1 heterocycles. The van der Waals surface area contributed by atoms with E-state index in [0.717, 1.165) is 4.90 Å². The Labute approximate surface area is 158 Å². The first kappa shape index (κ1) is 17.3. The van der Waals surface area contributed by atoms with Gasteiger partial charge < -0.3 is 4.74 Å². The molecule has 0 atom stereocenters.